The number of imidazole rings is 1. The third kappa shape index (κ3) is 7.45. The van der Waals surface area contributed by atoms with Crippen molar-refractivity contribution in [3.05, 3.63) is 95.8 Å². The van der Waals surface area contributed by atoms with E-state index in [4.69, 9.17) is 24.8 Å². The lowest BCUT2D eigenvalue weighted by Gasteiger charge is -2.31. The van der Waals surface area contributed by atoms with Gasteiger partial charge in [0.1, 0.15) is 11.6 Å². The molecule has 2 N–H and O–H groups in total. The van der Waals surface area contributed by atoms with E-state index in [2.05, 4.69) is 44.8 Å². The van der Waals surface area contributed by atoms with Gasteiger partial charge in [0.2, 0.25) is 0 Å². The number of piperidine rings is 1. The minimum absolute atomic E-state index is 0.195. The van der Waals surface area contributed by atoms with Crippen molar-refractivity contribution in [1.29, 1.82) is 0 Å². The number of carbonyl (C=O) groups is 2. The Bertz CT molecular complexity index is 1340. The maximum absolute atomic E-state index is 13.4. The van der Waals surface area contributed by atoms with Gasteiger partial charge in [-0.2, -0.15) is 0 Å². The monoisotopic (exact) mass is 518 g/mol. The van der Waals surface area contributed by atoms with Crippen LogP contribution in [0.2, 0.25) is 0 Å². The summed E-state index contributed by atoms with van der Waals surface area (Å²) in [5.41, 5.74) is 4.46. The number of benzene rings is 2. The average Bonchev–Trinajstić information content (AvgIpc) is 3.27. The van der Waals surface area contributed by atoms with Crippen LogP contribution in [-0.2, 0) is 29.0 Å². The van der Waals surface area contributed by atoms with Gasteiger partial charge >= 0.3 is 11.9 Å². The van der Waals surface area contributed by atoms with Crippen LogP contribution in [0.1, 0.15) is 29.9 Å². The van der Waals surface area contributed by atoms with Crippen LogP contribution in [0.25, 0.3) is 11.0 Å². The number of nitrogens with zero attached hydrogens (tertiary/aromatic N) is 4. The van der Waals surface area contributed by atoms with Gasteiger partial charge in [-0.25, -0.2) is 19.0 Å². The number of aromatic nitrogens is 3. The minimum Gasteiger partial charge on any atom is -0.473 e. The number of halogens is 1. The predicted octanol–water partition coefficient (Wildman–Crippen LogP) is 4.27. The molecular formula is C29H31FN4O4. The molecule has 1 fully saturated rings. The fourth-order valence-electron chi connectivity index (χ4n) is 4.72. The van der Waals surface area contributed by atoms with Crippen molar-refractivity contribution in [2.24, 2.45) is 5.92 Å². The van der Waals surface area contributed by atoms with Crippen molar-refractivity contribution < 1.29 is 24.2 Å². The average molecular weight is 519 g/mol. The van der Waals surface area contributed by atoms with E-state index < -0.39 is 11.9 Å². The van der Waals surface area contributed by atoms with Crippen molar-refractivity contribution in [3.63, 3.8) is 0 Å². The molecule has 0 amide bonds. The van der Waals surface area contributed by atoms with Gasteiger partial charge in [-0.1, -0.05) is 30.3 Å². The van der Waals surface area contributed by atoms with Crippen molar-refractivity contribution in [2.75, 3.05) is 19.6 Å². The zero-order valence-electron chi connectivity index (χ0n) is 21.0. The molecule has 8 nitrogen and oxygen atoms in total. The van der Waals surface area contributed by atoms with E-state index in [-0.39, 0.29) is 5.82 Å². The molecule has 1 aliphatic heterocycles. The van der Waals surface area contributed by atoms with Gasteiger partial charge in [-0.05, 0) is 73.8 Å². The van der Waals surface area contributed by atoms with Gasteiger partial charge in [0.25, 0.3) is 0 Å². The third-order valence-electron chi connectivity index (χ3n) is 6.76. The molecule has 9 heteroatoms. The number of para-hydroxylation sites is 2. The Morgan fingerprint density at radius 1 is 0.921 bits per heavy atom. The summed E-state index contributed by atoms with van der Waals surface area (Å²) in [5.74, 6) is -2.06. The summed E-state index contributed by atoms with van der Waals surface area (Å²) in [6.45, 7) is 4.07. The number of likely N-dealkylation sites (tertiary alicyclic amines) is 1. The third-order valence-corrected chi connectivity index (χ3v) is 6.76. The van der Waals surface area contributed by atoms with E-state index in [9.17, 15) is 4.39 Å². The molecule has 0 saturated carbocycles. The van der Waals surface area contributed by atoms with Crippen molar-refractivity contribution in [1.82, 2.24) is 19.4 Å². The van der Waals surface area contributed by atoms with Crippen molar-refractivity contribution in [2.45, 2.75) is 32.2 Å². The molecule has 2 aromatic heterocycles. The van der Waals surface area contributed by atoms with E-state index >= 15 is 0 Å². The predicted molar refractivity (Wildman–Crippen MR) is 141 cm³/mol. The molecular weight excluding hydrogens is 487 g/mol. The lowest BCUT2D eigenvalue weighted by atomic mass is 9.93. The first-order valence-corrected chi connectivity index (χ1v) is 12.7. The van der Waals surface area contributed by atoms with Crippen LogP contribution in [0, 0.1) is 11.7 Å². The summed E-state index contributed by atoms with van der Waals surface area (Å²) in [5, 5.41) is 14.8. The first kappa shape index (κ1) is 26.9. The highest BCUT2D eigenvalue weighted by Gasteiger charge is 2.22. The quantitative estimate of drug-likeness (QED) is 0.352. The summed E-state index contributed by atoms with van der Waals surface area (Å²) in [6.07, 6.45) is 6.27. The number of hydrogen-bond acceptors (Lipinski definition) is 5. The number of carboxylic acid groups (broad SMARTS) is 2. The molecule has 5 rings (SSSR count). The molecule has 0 unspecified atom stereocenters. The Hall–Kier alpha value is -4.11. The van der Waals surface area contributed by atoms with Crippen molar-refractivity contribution >= 4 is 23.0 Å². The molecule has 0 aliphatic carbocycles. The Morgan fingerprint density at radius 3 is 2.26 bits per heavy atom. The highest BCUT2D eigenvalue weighted by atomic mass is 19.1. The van der Waals surface area contributed by atoms with E-state index in [1.165, 1.54) is 30.7 Å². The Balaban J connectivity index is 0.000000505. The second kappa shape index (κ2) is 12.9. The molecule has 1 saturated heterocycles. The normalized spacial score (nSPS) is 14.1. The fourth-order valence-corrected chi connectivity index (χ4v) is 4.72. The molecule has 198 valence electrons. The molecule has 3 heterocycles. The van der Waals surface area contributed by atoms with E-state index in [1.807, 2.05) is 30.5 Å². The lowest BCUT2D eigenvalue weighted by molar-refractivity contribution is -0.159. The number of carboxylic acids is 2. The fraction of sp³-hybridized carbons (Fsp3) is 0.310. The van der Waals surface area contributed by atoms with Crippen LogP contribution in [0.5, 0.6) is 0 Å². The van der Waals surface area contributed by atoms with Gasteiger partial charge < -0.3 is 19.7 Å². The number of pyridine rings is 1. The Kier molecular flexibility index (Phi) is 9.16. The zero-order valence-corrected chi connectivity index (χ0v) is 21.0. The topological polar surface area (TPSA) is 109 Å². The van der Waals surface area contributed by atoms with E-state index in [0.717, 1.165) is 61.4 Å². The van der Waals surface area contributed by atoms with Crippen LogP contribution in [0.15, 0.2) is 72.9 Å². The molecule has 4 aromatic rings. The first-order valence-electron chi connectivity index (χ1n) is 12.7. The van der Waals surface area contributed by atoms with Crippen LogP contribution in [0.3, 0.4) is 0 Å². The molecule has 0 bridgehead atoms. The van der Waals surface area contributed by atoms with Crippen LogP contribution in [-0.4, -0.2) is 61.2 Å². The summed E-state index contributed by atoms with van der Waals surface area (Å²) in [6, 6.07) is 21.3. The molecule has 2 aromatic carbocycles. The molecule has 1 aliphatic rings. The number of rotatable bonds is 7. The number of aliphatic carboxylic acids is 2. The SMILES string of the molecule is Fc1ccc(Cn2c(CC3CCN(CCc4ccccn4)CC3)nc3ccccc32)cc1.O=C(O)C(=O)O. The molecule has 38 heavy (non-hydrogen) atoms. The van der Waals surface area contributed by atoms with Crippen LogP contribution < -0.4 is 0 Å². The van der Waals surface area contributed by atoms with Gasteiger partial charge in [0.15, 0.2) is 0 Å². The summed E-state index contributed by atoms with van der Waals surface area (Å²) >= 11 is 0. The van der Waals surface area contributed by atoms with Gasteiger partial charge in [-0.3, -0.25) is 4.98 Å². The number of fused-ring (bicyclic) bond motifs is 1. The summed E-state index contributed by atoms with van der Waals surface area (Å²) < 4.78 is 15.7. The lowest BCUT2D eigenvalue weighted by Crippen LogP contribution is -2.36. The van der Waals surface area contributed by atoms with Crippen LogP contribution in [0.4, 0.5) is 4.39 Å². The summed E-state index contributed by atoms with van der Waals surface area (Å²) in [4.78, 5) is 30.2. The van der Waals surface area contributed by atoms with Crippen LogP contribution >= 0.6 is 0 Å². The largest absolute Gasteiger partial charge is 0.473 e. The van der Waals surface area contributed by atoms with Gasteiger partial charge in [-0.15, -0.1) is 0 Å². The van der Waals surface area contributed by atoms with E-state index in [1.54, 1.807) is 0 Å². The highest BCUT2D eigenvalue weighted by Crippen LogP contribution is 2.25. The molecule has 0 spiro atoms. The minimum atomic E-state index is -1.82. The summed E-state index contributed by atoms with van der Waals surface area (Å²) in [7, 11) is 0. The van der Waals surface area contributed by atoms with E-state index in [0.29, 0.717) is 5.92 Å². The highest BCUT2D eigenvalue weighted by molar-refractivity contribution is 6.27. The second-order valence-corrected chi connectivity index (χ2v) is 9.40. The molecule has 0 atom stereocenters. The van der Waals surface area contributed by atoms with Gasteiger partial charge in [0.05, 0.1) is 11.0 Å². The first-order chi connectivity index (χ1) is 18.4. The smallest absolute Gasteiger partial charge is 0.414 e. The maximum atomic E-state index is 13.4. The maximum Gasteiger partial charge on any atom is 0.414 e. The Morgan fingerprint density at radius 2 is 1.61 bits per heavy atom. The standard InChI is InChI=1S/C27H29FN4.C2H2O4/c28-23-10-8-22(9-11-23)20-32-26-7-2-1-6-25(26)30-27(32)19-21-12-16-31(17-13-21)18-14-24-5-3-4-15-29-24;3-1(4)2(5)6/h1-11,15,21H,12-14,16-20H2;(H,3,4)(H,5,6). The molecule has 0 radical (unpaired) electrons. The Labute approximate surface area is 220 Å². The van der Waals surface area contributed by atoms with Crippen molar-refractivity contribution in [3.8, 4) is 0 Å². The second-order valence-electron chi connectivity index (χ2n) is 9.40. The van der Waals surface area contributed by atoms with Gasteiger partial charge in [0, 0.05) is 37.8 Å². The zero-order chi connectivity index (χ0) is 26.9. The number of hydrogen-bond donors (Lipinski definition) is 2.